The summed E-state index contributed by atoms with van der Waals surface area (Å²) in [4.78, 5) is 0. The molecule has 0 amide bonds. The van der Waals surface area contributed by atoms with Gasteiger partial charge in [-0.15, -0.1) is 0 Å². The molecule has 1 fully saturated rings. The van der Waals surface area contributed by atoms with Crippen LogP contribution in [0, 0.1) is 0 Å². The van der Waals surface area contributed by atoms with E-state index in [4.69, 9.17) is 27.9 Å². The van der Waals surface area contributed by atoms with Gasteiger partial charge in [-0.25, -0.2) is 0 Å². The van der Waals surface area contributed by atoms with E-state index in [-0.39, 0.29) is 0 Å². The van der Waals surface area contributed by atoms with Crippen molar-refractivity contribution in [2.75, 3.05) is 13.2 Å². The van der Waals surface area contributed by atoms with Gasteiger partial charge in [0.2, 0.25) is 0 Å². The maximum Gasteiger partial charge on any atom is 0.0700 e. The number of rotatable bonds is 4. The van der Waals surface area contributed by atoms with Gasteiger partial charge in [-0.3, -0.25) is 0 Å². The van der Waals surface area contributed by atoms with Gasteiger partial charge in [0.05, 0.1) is 6.10 Å². The zero-order valence-electron chi connectivity index (χ0n) is 9.01. The second-order valence-electron chi connectivity index (χ2n) is 3.97. The highest BCUT2D eigenvalue weighted by Gasteiger charge is 2.15. The molecule has 2 rings (SSSR count). The predicted molar refractivity (Wildman–Crippen MR) is 67.1 cm³/mol. The van der Waals surface area contributed by atoms with Gasteiger partial charge in [-0.1, -0.05) is 29.3 Å². The second kappa shape index (κ2) is 5.87. The fourth-order valence-electron chi connectivity index (χ4n) is 1.86. The Bertz CT molecular complexity index is 331. The Morgan fingerprint density at radius 2 is 2.06 bits per heavy atom. The first-order valence-electron chi connectivity index (χ1n) is 5.52. The van der Waals surface area contributed by atoms with Crippen LogP contribution in [0.2, 0.25) is 10.0 Å². The maximum atomic E-state index is 6.07. The second-order valence-corrected chi connectivity index (χ2v) is 4.78. The van der Waals surface area contributed by atoms with Crippen LogP contribution >= 0.6 is 23.2 Å². The van der Waals surface area contributed by atoms with Gasteiger partial charge in [0.25, 0.3) is 0 Å². The number of ether oxygens (including phenoxy) is 1. The van der Waals surface area contributed by atoms with Crippen LogP contribution in [-0.2, 0) is 11.3 Å². The first kappa shape index (κ1) is 12.2. The molecule has 0 spiro atoms. The Morgan fingerprint density at radius 1 is 1.31 bits per heavy atom. The molecule has 2 nitrogen and oxygen atoms in total. The standard InChI is InChI=1S/C12H15Cl2NO/c13-11-4-1-5-12(14)10(11)8-15-7-9-3-2-6-16-9/h1,4-5,9,15H,2-3,6-8H2. The molecule has 0 bridgehead atoms. The van der Waals surface area contributed by atoms with Crippen LogP contribution < -0.4 is 5.32 Å². The molecule has 16 heavy (non-hydrogen) atoms. The fraction of sp³-hybridized carbons (Fsp3) is 0.500. The summed E-state index contributed by atoms with van der Waals surface area (Å²) in [6.45, 7) is 2.44. The monoisotopic (exact) mass is 259 g/mol. The van der Waals surface area contributed by atoms with Crippen molar-refractivity contribution in [1.82, 2.24) is 5.32 Å². The zero-order chi connectivity index (χ0) is 11.4. The Labute approximate surface area is 106 Å². The lowest BCUT2D eigenvalue weighted by Gasteiger charge is -2.12. The van der Waals surface area contributed by atoms with Gasteiger partial charge in [0, 0.05) is 35.3 Å². The molecule has 1 aromatic carbocycles. The average Bonchev–Trinajstić information content (AvgIpc) is 2.75. The summed E-state index contributed by atoms with van der Waals surface area (Å²) in [6.07, 6.45) is 2.66. The first-order chi connectivity index (χ1) is 7.77. The third kappa shape index (κ3) is 3.11. The van der Waals surface area contributed by atoms with Crippen molar-refractivity contribution in [3.8, 4) is 0 Å². The van der Waals surface area contributed by atoms with Gasteiger partial charge in [-0.2, -0.15) is 0 Å². The van der Waals surface area contributed by atoms with E-state index in [1.807, 2.05) is 18.2 Å². The molecule has 1 N–H and O–H groups in total. The number of halogens is 2. The molecular formula is C12H15Cl2NO. The Hall–Kier alpha value is -0.280. The van der Waals surface area contributed by atoms with Crippen molar-refractivity contribution < 1.29 is 4.74 Å². The molecule has 1 aromatic rings. The quantitative estimate of drug-likeness (QED) is 0.897. The van der Waals surface area contributed by atoms with Crippen LogP contribution in [-0.4, -0.2) is 19.3 Å². The van der Waals surface area contributed by atoms with Crippen molar-refractivity contribution in [2.24, 2.45) is 0 Å². The molecule has 0 aromatic heterocycles. The summed E-state index contributed by atoms with van der Waals surface area (Å²) >= 11 is 12.1. The Kier molecular flexibility index (Phi) is 4.47. The van der Waals surface area contributed by atoms with Crippen molar-refractivity contribution in [3.63, 3.8) is 0 Å². The number of hydrogen-bond donors (Lipinski definition) is 1. The van der Waals surface area contributed by atoms with E-state index in [0.717, 1.165) is 25.1 Å². The lowest BCUT2D eigenvalue weighted by atomic mass is 10.2. The molecule has 0 saturated carbocycles. The van der Waals surface area contributed by atoms with Crippen LogP contribution in [0.25, 0.3) is 0 Å². The average molecular weight is 260 g/mol. The molecule has 1 heterocycles. The molecule has 0 radical (unpaired) electrons. The van der Waals surface area contributed by atoms with Crippen LogP contribution in [0.1, 0.15) is 18.4 Å². The SMILES string of the molecule is Clc1cccc(Cl)c1CNCC1CCCO1. The molecule has 1 saturated heterocycles. The summed E-state index contributed by atoms with van der Waals surface area (Å²) < 4.78 is 5.52. The van der Waals surface area contributed by atoms with Gasteiger partial charge < -0.3 is 10.1 Å². The van der Waals surface area contributed by atoms with Gasteiger partial charge in [0.1, 0.15) is 0 Å². The van der Waals surface area contributed by atoms with Crippen LogP contribution in [0.5, 0.6) is 0 Å². The van der Waals surface area contributed by atoms with E-state index in [9.17, 15) is 0 Å². The summed E-state index contributed by atoms with van der Waals surface area (Å²) in [6, 6.07) is 5.57. The van der Waals surface area contributed by atoms with E-state index in [0.29, 0.717) is 22.7 Å². The highest BCUT2D eigenvalue weighted by molar-refractivity contribution is 6.35. The number of benzene rings is 1. The smallest absolute Gasteiger partial charge is 0.0700 e. The summed E-state index contributed by atoms with van der Waals surface area (Å²) in [5.74, 6) is 0. The van der Waals surface area contributed by atoms with Crippen LogP contribution in [0.15, 0.2) is 18.2 Å². The van der Waals surface area contributed by atoms with Crippen molar-refractivity contribution in [2.45, 2.75) is 25.5 Å². The highest BCUT2D eigenvalue weighted by Crippen LogP contribution is 2.23. The summed E-state index contributed by atoms with van der Waals surface area (Å²) in [5, 5.41) is 4.76. The molecule has 1 atom stereocenters. The van der Waals surface area contributed by atoms with Crippen molar-refractivity contribution >= 4 is 23.2 Å². The number of nitrogens with one attached hydrogen (secondary N) is 1. The Balaban J connectivity index is 1.84. The Morgan fingerprint density at radius 3 is 2.69 bits per heavy atom. The maximum absolute atomic E-state index is 6.07. The molecule has 0 aliphatic carbocycles. The van der Waals surface area contributed by atoms with Crippen LogP contribution in [0.3, 0.4) is 0 Å². The third-order valence-electron chi connectivity index (χ3n) is 2.76. The minimum absolute atomic E-state index is 0.348. The summed E-state index contributed by atoms with van der Waals surface area (Å²) in [7, 11) is 0. The van der Waals surface area contributed by atoms with E-state index in [2.05, 4.69) is 5.32 Å². The van der Waals surface area contributed by atoms with E-state index in [1.54, 1.807) is 0 Å². The van der Waals surface area contributed by atoms with Crippen LogP contribution in [0.4, 0.5) is 0 Å². The van der Waals surface area contributed by atoms with E-state index >= 15 is 0 Å². The molecule has 88 valence electrons. The summed E-state index contributed by atoms with van der Waals surface area (Å²) in [5.41, 5.74) is 0.962. The largest absolute Gasteiger partial charge is 0.377 e. The van der Waals surface area contributed by atoms with Gasteiger partial charge in [0.15, 0.2) is 0 Å². The highest BCUT2D eigenvalue weighted by atomic mass is 35.5. The lowest BCUT2D eigenvalue weighted by Crippen LogP contribution is -2.26. The zero-order valence-corrected chi connectivity index (χ0v) is 10.5. The lowest BCUT2D eigenvalue weighted by molar-refractivity contribution is 0.110. The molecule has 1 aliphatic heterocycles. The molecular weight excluding hydrogens is 245 g/mol. The van der Waals surface area contributed by atoms with E-state index < -0.39 is 0 Å². The normalized spacial score (nSPS) is 20.2. The first-order valence-corrected chi connectivity index (χ1v) is 6.28. The molecule has 1 unspecified atom stereocenters. The van der Waals surface area contributed by atoms with E-state index in [1.165, 1.54) is 6.42 Å². The third-order valence-corrected chi connectivity index (χ3v) is 3.47. The van der Waals surface area contributed by atoms with Crippen molar-refractivity contribution in [1.29, 1.82) is 0 Å². The van der Waals surface area contributed by atoms with Crippen molar-refractivity contribution in [3.05, 3.63) is 33.8 Å². The molecule has 4 heteroatoms. The topological polar surface area (TPSA) is 21.3 Å². The fourth-order valence-corrected chi connectivity index (χ4v) is 2.40. The number of hydrogen-bond acceptors (Lipinski definition) is 2. The minimum Gasteiger partial charge on any atom is -0.377 e. The molecule has 1 aliphatic rings. The minimum atomic E-state index is 0.348. The van der Waals surface area contributed by atoms with Gasteiger partial charge >= 0.3 is 0 Å². The van der Waals surface area contributed by atoms with Gasteiger partial charge in [-0.05, 0) is 25.0 Å². The predicted octanol–water partition coefficient (Wildman–Crippen LogP) is 3.26.